The van der Waals surface area contributed by atoms with E-state index in [0.29, 0.717) is 12.8 Å². The van der Waals surface area contributed by atoms with Gasteiger partial charge in [0, 0.05) is 37.5 Å². The third-order valence-corrected chi connectivity index (χ3v) is 5.02. The van der Waals surface area contributed by atoms with E-state index in [1.807, 2.05) is 18.7 Å². The number of hydrogen-bond donors (Lipinski definition) is 0. The largest absolute Gasteiger partial charge is 0.361 e. The third-order valence-electron chi connectivity index (χ3n) is 5.02. The van der Waals surface area contributed by atoms with Crippen molar-refractivity contribution in [3.05, 3.63) is 29.2 Å². The maximum absolute atomic E-state index is 12.7. The lowest BCUT2D eigenvalue weighted by Crippen LogP contribution is -2.39. The standard InChI is InChI=1S/C18H27N5O2/c1-4-9-23-12-19-20-18(23)15-6-5-10-22(11-15)17(24)8-7-16-13(2)21-25-14(16)3/h12,15H,4-11H2,1-3H3/t15-/m1/s1. The summed E-state index contributed by atoms with van der Waals surface area (Å²) in [6.45, 7) is 8.47. The molecule has 1 atom stereocenters. The molecule has 3 heterocycles. The summed E-state index contributed by atoms with van der Waals surface area (Å²) in [6.07, 6.45) is 6.12. The summed E-state index contributed by atoms with van der Waals surface area (Å²) in [5.41, 5.74) is 1.94. The predicted molar refractivity (Wildman–Crippen MR) is 93.2 cm³/mol. The number of nitrogens with zero attached hydrogens (tertiary/aromatic N) is 5. The van der Waals surface area contributed by atoms with Crippen LogP contribution in [0.5, 0.6) is 0 Å². The van der Waals surface area contributed by atoms with Gasteiger partial charge in [-0.25, -0.2) is 0 Å². The Kier molecular flexibility index (Phi) is 5.50. The van der Waals surface area contributed by atoms with Gasteiger partial charge in [-0.2, -0.15) is 0 Å². The van der Waals surface area contributed by atoms with Crippen LogP contribution in [-0.4, -0.2) is 43.8 Å². The molecule has 0 bridgehead atoms. The molecule has 2 aromatic heterocycles. The van der Waals surface area contributed by atoms with Crippen LogP contribution in [0.1, 0.15) is 61.4 Å². The third kappa shape index (κ3) is 3.91. The van der Waals surface area contributed by atoms with E-state index in [1.54, 1.807) is 6.33 Å². The molecule has 7 heteroatoms. The Balaban J connectivity index is 1.61. The molecule has 0 N–H and O–H groups in total. The molecule has 3 rings (SSSR count). The lowest BCUT2D eigenvalue weighted by atomic mass is 9.96. The van der Waals surface area contributed by atoms with Crippen molar-refractivity contribution in [3.63, 3.8) is 0 Å². The van der Waals surface area contributed by atoms with Crippen LogP contribution in [0.2, 0.25) is 0 Å². The Morgan fingerprint density at radius 2 is 2.24 bits per heavy atom. The highest BCUT2D eigenvalue weighted by Crippen LogP contribution is 2.26. The van der Waals surface area contributed by atoms with Crippen molar-refractivity contribution in [3.8, 4) is 0 Å². The van der Waals surface area contributed by atoms with Gasteiger partial charge in [0.15, 0.2) is 0 Å². The highest BCUT2D eigenvalue weighted by molar-refractivity contribution is 5.76. The molecule has 136 valence electrons. The highest BCUT2D eigenvalue weighted by Gasteiger charge is 2.27. The Bertz CT molecular complexity index is 701. The molecule has 1 saturated heterocycles. The van der Waals surface area contributed by atoms with Gasteiger partial charge < -0.3 is 14.0 Å². The Morgan fingerprint density at radius 1 is 1.40 bits per heavy atom. The van der Waals surface area contributed by atoms with Crippen LogP contribution in [0.3, 0.4) is 0 Å². The van der Waals surface area contributed by atoms with Gasteiger partial charge in [0.1, 0.15) is 17.9 Å². The van der Waals surface area contributed by atoms with Crippen LogP contribution in [0.25, 0.3) is 0 Å². The average Bonchev–Trinajstić information content (AvgIpc) is 3.20. The maximum atomic E-state index is 12.7. The normalized spacial score (nSPS) is 17.9. The van der Waals surface area contributed by atoms with Crippen molar-refractivity contribution >= 4 is 5.91 Å². The fourth-order valence-electron chi connectivity index (χ4n) is 3.66. The van der Waals surface area contributed by atoms with Gasteiger partial charge in [0.2, 0.25) is 5.91 Å². The Labute approximate surface area is 148 Å². The molecule has 1 amide bonds. The molecule has 0 aromatic carbocycles. The number of carbonyl (C=O) groups is 1. The zero-order chi connectivity index (χ0) is 17.8. The minimum atomic E-state index is 0.200. The first-order chi connectivity index (χ1) is 12.1. The van der Waals surface area contributed by atoms with Crippen molar-refractivity contribution in [1.82, 2.24) is 24.8 Å². The fourth-order valence-corrected chi connectivity index (χ4v) is 3.66. The number of carbonyl (C=O) groups excluding carboxylic acids is 1. The van der Waals surface area contributed by atoms with Crippen LogP contribution in [0.4, 0.5) is 0 Å². The highest BCUT2D eigenvalue weighted by atomic mass is 16.5. The average molecular weight is 345 g/mol. The number of likely N-dealkylation sites (tertiary alicyclic amines) is 1. The van der Waals surface area contributed by atoms with Crippen molar-refractivity contribution in [2.75, 3.05) is 13.1 Å². The lowest BCUT2D eigenvalue weighted by Gasteiger charge is -2.32. The second-order valence-corrected chi connectivity index (χ2v) is 6.86. The monoisotopic (exact) mass is 345 g/mol. The molecule has 1 aliphatic heterocycles. The van der Waals surface area contributed by atoms with Crippen LogP contribution in [0, 0.1) is 13.8 Å². The van der Waals surface area contributed by atoms with Crippen molar-refractivity contribution in [2.45, 2.75) is 65.3 Å². The maximum Gasteiger partial charge on any atom is 0.222 e. The molecule has 0 radical (unpaired) electrons. The van der Waals surface area contributed by atoms with E-state index in [9.17, 15) is 4.79 Å². The summed E-state index contributed by atoms with van der Waals surface area (Å²) >= 11 is 0. The van der Waals surface area contributed by atoms with E-state index >= 15 is 0 Å². The summed E-state index contributed by atoms with van der Waals surface area (Å²) in [7, 11) is 0. The number of hydrogen-bond acceptors (Lipinski definition) is 5. The Morgan fingerprint density at radius 3 is 2.96 bits per heavy atom. The van der Waals surface area contributed by atoms with Gasteiger partial charge in [-0.05, 0) is 39.5 Å². The number of aryl methyl sites for hydroxylation is 3. The minimum Gasteiger partial charge on any atom is -0.361 e. The van der Waals surface area contributed by atoms with Gasteiger partial charge in [0.25, 0.3) is 0 Å². The molecule has 0 spiro atoms. The van der Waals surface area contributed by atoms with Crippen molar-refractivity contribution < 1.29 is 9.32 Å². The topological polar surface area (TPSA) is 77.1 Å². The molecule has 0 unspecified atom stereocenters. The lowest BCUT2D eigenvalue weighted by molar-refractivity contribution is -0.132. The summed E-state index contributed by atoms with van der Waals surface area (Å²) in [5.74, 6) is 2.32. The predicted octanol–water partition coefficient (Wildman–Crippen LogP) is 2.63. The fraction of sp³-hybridized carbons (Fsp3) is 0.667. The molecule has 2 aromatic rings. The summed E-state index contributed by atoms with van der Waals surface area (Å²) in [5, 5.41) is 12.3. The van der Waals surface area contributed by atoms with Gasteiger partial charge in [-0.15, -0.1) is 10.2 Å². The van der Waals surface area contributed by atoms with E-state index in [4.69, 9.17) is 4.52 Å². The number of rotatable bonds is 6. The molecular formula is C18H27N5O2. The van der Waals surface area contributed by atoms with Crippen molar-refractivity contribution in [2.24, 2.45) is 0 Å². The molecule has 25 heavy (non-hydrogen) atoms. The smallest absolute Gasteiger partial charge is 0.222 e. The van der Waals surface area contributed by atoms with Crippen LogP contribution < -0.4 is 0 Å². The first kappa shape index (κ1) is 17.6. The van der Waals surface area contributed by atoms with Gasteiger partial charge >= 0.3 is 0 Å². The van der Waals surface area contributed by atoms with Crippen LogP contribution in [-0.2, 0) is 17.8 Å². The van der Waals surface area contributed by atoms with Crippen molar-refractivity contribution in [1.29, 1.82) is 0 Å². The Hall–Kier alpha value is -2.18. The quantitative estimate of drug-likeness (QED) is 0.804. The summed E-state index contributed by atoms with van der Waals surface area (Å²) < 4.78 is 7.31. The van der Waals surface area contributed by atoms with E-state index in [0.717, 1.165) is 61.7 Å². The van der Waals surface area contributed by atoms with Crippen LogP contribution in [0.15, 0.2) is 10.9 Å². The first-order valence-electron chi connectivity index (χ1n) is 9.17. The van der Waals surface area contributed by atoms with Gasteiger partial charge in [0.05, 0.1) is 5.69 Å². The molecule has 0 aliphatic carbocycles. The summed E-state index contributed by atoms with van der Waals surface area (Å²) in [6, 6.07) is 0. The number of aromatic nitrogens is 4. The molecular weight excluding hydrogens is 318 g/mol. The number of amides is 1. The van der Waals surface area contributed by atoms with E-state index < -0.39 is 0 Å². The van der Waals surface area contributed by atoms with E-state index in [2.05, 4.69) is 26.8 Å². The second kappa shape index (κ2) is 7.80. The molecule has 7 nitrogen and oxygen atoms in total. The van der Waals surface area contributed by atoms with Gasteiger partial charge in [-0.3, -0.25) is 4.79 Å². The first-order valence-corrected chi connectivity index (χ1v) is 9.17. The molecule has 1 aliphatic rings. The second-order valence-electron chi connectivity index (χ2n) is 6.86. The van der Waals surface area contributed by atoms with Crippen LogP contribution >= 0.6 is 0 Å². The minimum absolute atomic E-state index is 0.200. The van der Waals surface area contributed by atoms with E-state index in [1.165, 1.54) is 0 Å². The number of piperidine rings is 1. The zero-order valence-corrected chi connectivity index (χ0v) is 15.4. The van der Waals surface area contributed by atoms with Gasteiger partial charge in [-0.1, -0.05) is 12.1 Å². The zero-order valence-electron chi connectivity index (χ0n) is 15.4. The SMILES string of the molecule is CCCn1cnnc1[C@@H]1CCCN(C(=O)CCc2c(C)noc2C)C1. The molecule has 0 saturated carbocycles. The molecule has 1 fully saturated rings. The van der Waals surface area contributed by atoms with E-state index in [-0.39, 0.29) is 11.8 Å². The summed E-state index contributed by atoms with van der Waals surface area (Å²) in [4.78, 5) is 14.7.